The van der Waals surface area contributed by atoms with E-state index in [1.54, 1.807) is 20.2 Å². The number of carbonyl (C=O) groups is 1. The predicted octanol–water partition coefficient (Wildman–Crippen LogP) is 0.553. The van der Waals surface area contributed by atoms with E-state index in [1.807, 2.05) is 0 Å². The first-order chi connectivity index (χ1) is 6.56. The molecule has 0 saturated carbocycles. The van der Waals surface area contributed by atoms with Gasteiger partial charge < -0.3 is 15.7 Å². The Morgan fingerprint density at radius 3 is 2.64 bits per heavy atom. The van der Waals surface area contributed by atoms with E-state index < -0.39 is 0 Å². The number of nitrogens with zero attached hydrogens (tertiary/aromatic N) is 1. The highest BCUT2D eigenvalue weighted by Crippen LogP contribution is 2.17. The molecule has 0 radical (unpaired) electrons. The zero-order chi connectivity index (χ0) is 10.7. The molecule has 1 aromatic rings. The third kappa shape index (κ3) is 2.03. The van der Waals surface area contributed by atoms with Gasteiger partial charge in [-0.15, -0.1) is 0 Å². The average Bonchev–Trinajstić information content (AvgIpc) is 2.16. The molecular formula is C10H14N2O2. The van der Waals surface area contributed by atoms with Crippen molar-refractivity contribution in [1.82, 2.24) is 4.90 Å². The third-order valence-corrected chi connectivity index (χ3v) is 1.95. The monoisotopic (exact) mass is 194 g/mol. The van der Waals surface area contributed by atoms with Gasteiger partial charge in [-0.05, 0) is 17.7 Å². The van der Waals surface area contributed by atoms with E-state index in [4.69, 9.17) is 5.73 Å². The molecule has 0 saturated heterocycles. The molecule has 0 aromatic heterocycles. The van der Waals surface area contributed by atoms with E-state index in [-0.39, 0.29) is 18.2 Å². The van der Waals surface area contributed by atoms with Crippen LogP contribution in [0.2, 0.25) is 0 Å². The highest BCUT2D eigenvalue weighted by Gasteiger charge is 2.12. The smallest absolute Gasteiger partial charge is 0.253 e. The first-order valence-corrected chi connectivity index (χ1v) is 4.30. The second-order valence-corrected chi connectivity index (χ2v) is 3.25. The molecular weight excluding hydrogens is 180 g/mol. The van der Waals surface area contributed by atoms with Crippen LogP contribution in [0.5, 0.6) is 5.75 Å². The summed E-state index contributed by atoms with van der Waals surface area (Å²) in [4.78, 5) is 13.1. The molecule has 0 fully saturated rings. The van der Waals surface area contributed by atoms with Crippen molar-refractivity contribution >= 4 is 5.91 Å². The number of phenolic OH excluding ortho intramolecular Hbond substituents is 1. The molecule has 76 valence electrons. The first-order valence-electron chi connectivity index (χ1n) is 4.30. The van der Waals surface area contributed by atoms with Crippen molar-refractivity contribution in [1.29, 1.82) is 0 Å². The van der Waals surface area contributed by atoms with Crippen molar-refractivity contribution in [2.24, 2.45) is 5.73 Å². The van der Waals surface area contributed by atoms with Crippen LogP contribution in [0.1, 0.15) is 15.9 Å². The molecule has 1 aromatic carbocycles. The molecule has 1 amide bonds. The number of rotatable bonds is 2. The van der Waals surface area contributed by atoms with Gasteiger partial charge in [-0.1, -0.05) is 6.07 Å². The fourth-order valence-electron chi connectivity index (χ4n) is 1.18. The number of hydrogen-bond acceptors (Lipinski definition) is 3. The fourth-order valence-corrected chi connectivity index (χ4v) is 1.18. The van der Waals surface area contributed by atoms with Crippen LogP contribution in [-0.2, 0) is 6.54 Å². The number of benzene rings is 1. The van der Waals surface area contributed by atoms with Gasteiger partial charge in [0.05, 0.1) is 0 Å². The van der Waals surface area contributed by atoms with Crippen LogP contribution >= 0.6 is 0 Å². The normalized spacial score (nSPS) is 9.93. The van der Waals surface area contributed by atoms with Gasteiger partial charge in [-0.25, -0.2) is 0 Å². The number of nitrogens with two attached hydrogens (primary N) is 1. The van der Waals surface area contributed by atoms with Crippen LogP contribution in [0, 0.1) is 0 Å². The fraction of sp³-hybridized carbons (Fsp3) is 0.300. The van der Waals surface area contributed by atoms with E-state index in [0.29, 0.717) is 5.56 Å². The molecule has 14 heavy (non-hydrogen) atoms. The topological polar surface area (TPSA) is 66.6 Å². The van der Waals surface area contributed by atoms with E-state index in [0.717, 1.165) is 5.56 Å². The van der Waals surface area contributed by atoms with Gasteiger partial charge in [0.25, 0.3) is 5.91 Å². The summed E-state index contributed by atoms with van der Waals surface area (Å²) in [6.45, 7) is 0.287. The molecule has 3 N–H and O–H groups in total. The summed E-state index contributed by atoms with van der Waals surface area (Å²) >= 11 is 0. The van der Waals surface area contributed by atoms with Crippen LogP contribution in [0.15, 0.2) is 18.2 Å². The SMILES string of the molecule is CN(C)C(=O)c1cc(O)ccc1CN. The van der Waals surface area contributed by atoms with E-state index in [2.05, 4.69) is 0 Å². The Hall–Kier alpha value is -1.55. The summed E-state index contributed by atoms with van der Waals surface area (Å²) in [7, 11) is 3.32. The van der Waals surface area contributed by atoms with Crippen molar-refractivity contribution in [2.45, 2.75) is 6.54 Å². The van der Waals surface area contributed by atoms with Crippen molar-refractivity contribution < 1.29 is 9.90 Å². The van der Waals surface area contributed by atoms with Crippen molar-refractivity contribution in [3.63, 3.8) is 0 Å². The lowest BCUT2D eigenvalue weighted by Gasteiger charge is -2.13. The maximum absolute atomic E-state index is 11.6. The second kappa shape index (κ2) is 4.11. The lowest BCUT2D eigenvalue weighted by Crippen LogP contribution is -2.23. The van der Waals surface area contributed by atoms with E-state index in [1.165, 1.54) is 17.0 Å². The van der Waals surface area contributed by atoms with Crippen LogP contribution in [0.25, 0.3) is 0 Å². The second-order valence-electron chi connectivity index (χ2n) is 3.25. The molecule has 1 rings (SSSR count). The zero-order valence-corrected chi connectivity index (χ0v) is 8.32. The molecule has 0 aliphatic carbocycles. The summed E-state index contributed by atoms with van der Waals surface area (Å²) in [5, 5.41) is 9.25. The lowest BCUT2D eigenvalue weighted by molar-refractivity contribution is 0.0826. The van der Waals surface area contributed by atoms with Gasteiger partial charge in [0.15, 0.2) is 0 Å². The molecule has 0 aliphatic rings. The van der Waals surface area contributed by atoms with Crippen molar-refractivity contribution in [3.8, 4) is 5.75 Å². The quantitative estimate of drug-likeness (QED) is 0.722. The Balaban J connectivity index is 3.17. The van der Waals surface area contributed by atoms with Gasteiger partial charge in [-0.3, -0.25) is 4.79 Å². The Morgan fingerprint density at radius 2 is 2.14 bits per heavy atom. The Bertz CT molecular complexity index is 348. The van der Waals surface area contributed by atoms with Crippen molar-refractivity contribution in [2.75, 3.05) is 14.1 Å². The summed E-state index contributed by atoms with van der Waals surface area (Å²) < 4.78 is 0. The number of amides is 1. The molecule has 0 aliphatic heterocycles. The minimum atomic E-state index is -0.152. The summed E-state index contributed by atoms with van der Waals surface area (Å²) in [6, 6.07) is 4.62. The van der Waals surface area contributed by atoms with Crippen LogP contribution in [-0.4, -0.2) is 30.0 Å². The van der Waals surface area contributed by atoms with Crippen LogP contribution in [0.4, 0.5) is 0 Å². The Labute approximate surface area is 82.9 Å². The predicted molar refractivity (Wildman–Crippen MR) is 54.0 cm³/mol. The number of hydrogen-bond donors (Lipinski definition) is 2. The minimum Gasteiger partial charge on any atom is -0.508 e. The summed E-state index contributed by atoms with van der Waals surface area (Å²) in [5.41, 5.74) is 6.68. The third-order valence-electron chi connectivity index (χ3n) is 1.95. The number of aromatic hydroxyl groups is 1. The molecule has 4 heteroatoms. The van der Waals surface area contributed by atoms with Gasteiger partial charge in [-0.2, -0.15) is 0 Å². The largest absolute Gasteiger partial charge is 0.508 e. The minimum absolute atomic E-state index is 0.0763. The average molecular weight is 194 g/mol. The maximum Gasteiger partial charge on any atom is 0.253 e. The van der Waals surface area contributed by atoms with Crippen LogP contribution < -0.4 is 5.73 Å². The standard InChI is InChI=1S/C10H14N2O2/c1-12(2)10(14)9-5-8(13)4-3-7(9)6-11/h3-5,13H,6,11H2,1-2H3. The Kier molecular flexibility index (Phi) is 3.09. The molecule has 0 bridgehead atoms. The first kappa shape index (κ1) is 10.5. The van der Waals surface area contributed by atoms with Crippen LogP contribution in [0.3, 0.4) is 0 Å². The molecule has 0 atom stereocenters. The lowest BCUT2D eigenvalue weighted by atomic mass is 10.1. The van der Waals surface area contributed by atoms with Gasteiger partial charge in [0.2, 0.25) is 0 Å². The summed E-state index contributed by atoms with van der Waals surface area (Å²) in [5.74, 6) is -0.0752. The maximum atomic E-state index is 11.6. The molecule has 0 spiro atoms. The highest BCUT2D eigenvalue weighted by molar-refractivity contribution is 5.95. The Morgan fingerprint density at radius 1 is 1.50 bits per heavy atom. The molecule has 0 heterocycles. The molecule has 4 nitrogen and oxygen atoms in total. The van der Waals surface area contributed by atoms with Gasteiger partial charge >= 0.3 is 0 Å². The zero-order valence-electron chi connectivity index (χ0n) is 8.32. The van der Waals surface area contributed by atoms with E-state index in [9.17, 15) is 9.90 Å². The van der Waals surface area contributed by atoms with Crippen molar-refractivity contribution in [3.05, 3.63) is 29.3 Å². The van der Waals surface area contributed by atoms with E-state index >= 15 is 0 Å². The molecule has 0 unspecified atom stereocenters. The number of carbonyl (C=O) groups excluding carboxylic acids is 1. The van der Waals surface area contributed by atoms with Gasteiger partial charge in [0.1, 0.15) is 5.75 Å². The van der Waals surface area contributed by atoms with Gasteiger partial charge in [0, 0.05) is 26.2 Å². The number of phenols is 1. The highest BCUT2D eigenvalue weighted by atomic mass is 16.3. The summed E-state index contributed by atoms with van der Waals surface area (Å²) in [6.07, 6.45) is 0.